The lowest BCUT2D eigenvalue weighted by molar-refractivity contribution is -0.660. The normalized spacial score (nSPS) is 11.0. The van der Waals surface area contributed by atoms with E-state index in [-0.39, 0.29) is 11.6 Å². The summed E-state index contributed by atoms with van der Waals surface area (Å²) in [4.78, 5) is 16.4. The molecular weight excluding hydrogens is 298 g/mol. The Morgan fingerprint density at radius 1 is 1.13 bits per heavy atom. The van der Waals surface area contributed by atoms with Gasteiger partial charge in [0.2, 0.25) is 5.69 Å². The van der Waals surface area contributed by atoms with Crippen LogP contribution in [0.1, 0.15) is 0 Å². The number of rotatable bonds is 3. The smallest absolute Gasteiger partial charge is 0.440 e. The van der Waals surface area contributed by atoms with Crippen molar-refractivity contribution in [3.8, 4) is 23.0 Å². The number of H-pyrrole nitrogens is 1. The molecule has 0 aliphatic carbocycles. The minimum absolute atomic E-state index is 0.186. The van der Waals surface area contributed by atoms with Crippen LogP contribution in [0.5, 0.6) is 5.75 Å². The number of hydrogen-bond donors (Lipinski definition) is 1. The highest BCUT2D eigenvalue weighted by atomic mass is 16.5. The summed E-state index contributed by atoms with van der Waals surface area (Å²) in [6.07, 6.45) is 0. The number of hydrogen-bond acceptors (Lipinski definition) is 5. The molecule has 4 aromatic rings. The number of methoxy groups -OCH3 is 1. The predicted octanol–water partition coefficient (Wildman–Crippen LogP) is 2.06. The van der Waals surface area contributed by atoms with Gasteiger partial charge in [-0.3, -0.25) is 4.52 Å². The average molecular weight is 310 g/mol. The van der Waals surface area contributed by atoms with E-state index in [0.717, 1.165) is 0 Å². The Hall–Kier alpha value is -3.35. The third-order valence-corrected chi connectivity index (χ3v) is 3.47. The molecule has 2 aromatic heterocycles. The van der Waals surface area contributed by atoms with E-state index >= 15 is 0 Å². The number of aromatic nitrogens is 3. The Bertz CT molecular complexity index is 994. The zero-order valence-electron chi connectivity index (χ0n) is 12.1. The molecule has 2 heterocycles. The predicted molar refractivity (Wildman–Crippen MR) is 80.4 cm³/mol. The molecule has 0 atom stereocenters. The molecule has 0 saturated carbocycles. The molecule has 2 aromatic carbocycles. The first kappa shape index (κ1) is 13.3. The summed E-state index contributed by atoms with van der Waals surface area (Å²) in [5.74, 6) is 0.903. The van der Waals surface area contributed by atoms with Crippen LogP contribution in [0.3, 0.4) is 0 Å². The van der Waals surface area contributed by atoms with Gasteiger partial charge in [0.15, 0.2) is 5.58 Å². The standard InChI is InChI=1S/C16H11N3O4/c1-21-11-8-6-10(7-9-11)19-14(16(20)23-18-19)15-17-12-4-2-3-5-13(12)22-15/h2-9H,1H3/p+1. The lowest BCUT2D eigenvalue weighted by Gasteiger charge is -1.97. The van der Waals surface area contributed by atoms with Gasteiger partial charge >= 0.3 is 17.2 Å². The van der Waals surface area contributed by atoms with Gasteiger partial charge in [-0.15, -0.1) is 0 Å². The highest BCUT2D eigenvalue weighted by Crippen LogP contribution is 2.20. The van der Waals surface area contributed by atoms with Crippen molar-refractivity contribution in [3.63, 3.8) is 0 Å². The lowest BCUT2D eigenvalue weighted by atomic mass is 10.3. The Kier molecular flexibility index (Phi) is 2.97. The first-order valence-corrected chi connectivity index (χ1v) is 6.90. The van der Waals surface area contributed by atoms with Gasteiger partial charge in [-0.1, -0.05) is 12.1 Å². The fraction of sp³-hybridized carbons (Fsp3) is 0.0625. The van der Waals surface area contributed by atoms with Crippen LogP contribution in [-0.2, 0) is 0 Å². The fourth-order valence-corrected chi connectivity index (χ4v) is 2.34. The summed E-state index contributed by atoms with van der Waals surface area (Å²) in [5, 5.41) is 2.56. The van der Waals surface area contributed by atoms with Crippen molar-refractivity contribution in [2.75, 3.05) is 7.11 Å². The summed E-state index contributed by atoms with van der Waals surface area (Å²) in [6.45, 7) is 0. The number of aromatic amines is 1. The molecule has 0 bridgehead atoms. The first-order valence-electron chi connectivity index (χ1n) is 6.90. The van der Waals surface area contributed by atoms with Crippen LogP contribution in [0.25, 0.3) is 28.4 Å². The monoisotopic (exact) mass is 310 g/mol. The zero-order chi connectivity index (χ0) is 15.8. The van der Waals surface area contributed by atoms with Crippen LogP contribution < -0.4 is 15.0 Å². The molecule has 23 heavy (non-hydrogen) atoms. The topological polar surface area (TPSA) is 85.1 Å². The third kappa shape index (κ3) is 2.18. The number of nitrogens with one attached hydrogen (secondary N) is 1. The van der Waals surface area contributed by atoms with E-state index in [1.54, 1.807) is 37.4 Å². The van der Waals surface area contributed by atoms with Gasteiger partial charge in [-0.2, -0.15) is 0 Å². The number of fused-ring (bicyclic) bond motifs is 1. The van der Waals surface area contributed by atoms with Crippen LogP contribution >= 0.6 is 0 Å². The van der Waals surface area contributed by atoms with Gasteiger partial charge in [-0.05, 0) is 34.2 Å². The second-order valence-electron chi connectivity index (χ2n) is 4.85. The van der Waals surface area contributed by atoms with Crippen molar-refractivity contribution in [3.05, 3.63) is 59.0 Å². The maximum absolute atomic E-state index is 12.1. The van der Waals surface area contributed by atoms with E-state index in [1.807, 2.05) is 18.2 Å². The maximum atomic E-state index is 12.1. The van der Waals surface area contributed by atoms with Crippen LogP contribution in [0.4, 0.5) is 0 Å². The summed E-state index contributed by atoms with van der Waals surface area (Å²) in [6, 6.07) is 14.4. The molecule has 0 amide bonds. The van der Waals surface area contributed by atoms with Crippen LogP contribution in [0.15, 0.2) is 62.3 Å². The van der Waals surface area contributed by atoms with Crippen molar-refractivity contribution in [1.29, 1.82) is 0 Å². The van der Waals surface area contributed by atoms with Crippen LogP contribution in [0.2, 0.25) is 0 Å². The van der Waals surface area contributed by atoms with Gasteiger partial charge in [0, 0.05) is 12.1 Å². The number of benzene rings is 2. The number of oxazole rings is 1. The summed E-state index contributed by atoms with van der Waals surface area (Å²) < 4.78 is 17.2. The van der Waals surface area contributed by atoms with E-state index in [2.05, 4.69) is 10.3 Å². The Labute approximate surface area is 129 Å². The molecule has 0 aliphatic heterocycles. The van der Waals surface area contributed by atoms with Crippen molar-refractivity contribution in [2.45, 2.75) is 0 Å². The molecule has 0 unspecified atom stereocenters. The second kappa shape index (κ2) is 5.13. The molecular formula is C16H12N3O4+. The first-order chi connectivity index (χ1) is 11.3. The van der Waals surface area contributed by atoms with Gasteiger partial charge in [-0.25, -0.2) is 9.78 Å². The molecule has 114 valence electrons. The molecule has 0 saturated heterocycles. The Morgan fingerprint density at radius 2 is 1.91 bits per heavy atom. The van der Waals surface area contributed by atoms with E-state index in [9.17, 15) is 4.79 Å². The van der Waals surface area contributed by atoms with Crippen molar-refractivity contribution in [2.24, 2.45) is 0 Å². The summed E-state index contributed by atoms with van der Waals surface area (Å²) in [5.41, 5.74) is 1.58. The molecule has 1 N–H and O–H groups in total. The van der Waals surface area contributed by atoms with E-state index in [1.165, 1.54) is 4.68 Å². The Morgan fingerprint density at radius 3 is 2.65 bits per heavy atom. The molecule has 7 heteroatoms. The van der Waals surface area contributed by atoms with Gasteiger partial charge in [0.25, 0.3) is 0 Å². The SMILES string of the molecule is COc1ccc(-[n+]2[nH]oc(=O)c2-c2nc3ccccc3o2)cc1. The van der Waals surface area contributed by atoms with Crippen molar-refractivity contribution in [1.82, 2.24) is 10.3 Å². The second-order valence-corrected chi connectivity index (χ2v) is 4.85. The van der Waals surface area contributed by atoms with Crippen LogP contribution in [-0.4, -0.2) is 17.4 Å². The third-order valence-electron chi connectivity index (χ3n) is 3.47. The molecule has 7 nitrogen and oxygen atoms in total. The quantitative estimate of drug-likeness (QED) is 0.585. The fourth-order valence-electron chi connectivity index (χ4n) is 2.34. The van der Waals surface area contributed by atoms with Gasteiger partial charge < -0.3 is 9.15 Å². The highest BCUT2D eigenvalue weighted by molar-refractivity contribution is 5.74. The van der Waals surface area contributed by atoms with E-state index < -0.39 is 5.63 Å². The minimum atomic E-state index is -0.563. The molecule has 0 radical (unpaired) electrons. The Balaban J connectivity index is 1.88. The largest absolute Gasteiger partial charge is 0.497 e. The average Bonchev–Trinajstić information content (AvgIpc) is 3.17. The van der Waals surface area contributed by atoms with Gasteiger partial charge in [0.1, 0.15) is 11.3 Å². The molecule has 0 spiro atoms. The van der Waals surface area contributed by atoms with Crippen molar-refractivity contribution >= 4 is 11.1 Å². The maximum Gasteiger partial charge on any atom is 0.440 e. The zero-order valence-corrected chi connectivity index (χ0v) is 12.1. The van der Waals surface area contributed by atoms with E-state index in [0.29, 0.717) is 22.5 Å². The van der Waals surface area contributed by atoms with E-state index in [4.69, 9.17) is 13.7 Å². The summed E-state index contributed by atoms with van der Waals surface area (Å²) >= 11 is 0. The van der Waals surface area contributed by atoms with Gasteiger partial charge in [0.05, 0.1) is 7.11 Å². The lowest BCUT2D eigenvalue weighted by Crippen LogP contribution is -2.36. The van der Waals surface area contributed by atoms with Crippen LogP contribution in [0, 0.1) is 0 Å². The molecule has 0 aliphatic rings. The minimum Gasteiger partial charge on any atom is -0.497 e. The number of para-hydroxylation sites is 2. The number of ether oxygens (including phenoxy) is 1. The molecule has 0 fully saturated rings. The highest BCUT2D eigenvalue weighted by Gasteiger charge is 2.30. The molecule has 4 rings (SSSR count). The summed E-state index contributed by atoms with van der Waals surface area (Å²) in [7, 11) is 1.59. The van der Waals surface area contributed by atoms with Crippen molar-refractivity contribution < 1.29 is 18.4 Å². The number of nitrogens with zero attached hydrogens (tertiary/aromatic N) is 2.